The van der Waals surface area contributed by atoms with Crippen LogP contribution in [0.5, 0.6) is 0 Å². The molecular formula is C47H68Br3F3N6O10. The molecule has 0 bridgehead atoms. The van der Waals surface area contributed by atoms with Crippen LogP contribution < -0.4 is 32.7 Å². The summed E-state index contributed by atoms with van der Waals surface area (Å²) in [5.41, 5.74) is 9.85. The molecule has 3 unspecified atom stereocenters. The Kier molecular flexibility index (Phi) is 32.8. The third-order valence-electron chi connectivity index (χ3n) is 8.33. The molecule has 0 aromatic heterocycles. The van der Waals surface area contributed by atoms with E-state index in [-0.39, 0.29) is 56.9 Å². The minimum absolute atomic E-state index is 0. The number of esters is 2. The second-order valence-corrected chi connectivity index (χ2v) is 19.2. The van der Waals surface area contributed by atoms with E-state index in [0.717, 1.165) is 6.29 Å². The fraction of sp³-hybridized carbons (Fsp3) is 0.489. The van der Waals surface area contributed by atoms with Gasteiger partial charge >= 0.3 is 24.1 Å². The number of amides is 3. The summed E-state index contributed by atoms with van der Waals surface area (Å²) in [6.45, 7) is 12.7. The number of nitrogens with two attached hydrogens (primary N) is 2. The Balaban J connectivity index is 0. The molecule has 0 aliphatic heterocycles. The summed E-state index contributed by atoms with van der Waals surface area (Å²) in [5, 5.41) is 11.2. The molecule has 16 nitrogen and oxygen atoms in total. The molecule has 0 radical (unpaired) electrons. The average Bonchev–Trinajstić information content (AvgIpc) is 3.25. The van der Waals surface area contributed by atoms with Crippen LogP contribution in [0.25, 0.3) is 0 Å². The maximum Gasteiger partial charge on any atom is 0.407 e. The fourth-order valence-corrected chi connectivity index (χ4v) is 6.01. The van der Waals surface area contributed by atoms with Gasteiger partial charge < -0.3 is 56.5 Å². The molecule has 3 rings (SSSR count). The van der Waals surface area contributed by atoms with Gasteiger partial charge in [-0.25, -0.2) is 22.8 Å². The lowest BCUT2D eigenvalue weighted by Crippen LogP contribution is -2.43. The number of ether oxygens (including phenoxy) is 4. The van der Waals surface area contributed by atoms with E-state index < -0.39 is 58.8 Å². The van der Waals surface area contributed by atoms with E-state index in [1.165, 1.54) is 20.3 Å². The first-order valence-electron chi connectivity index (χ1n) is 21.0. The van der Waals surface area contributed by atoms with Gasteiger partial charge in [0.05, 0.1) is 44.7 Å². The third kappa shape index (κ3) is 31.6. The molecule has 388 valence electrons. The monoisotopic (exact) mass is 1170 g/mol. The highest BCUT2D eigenvalue weighted by Gasteiger charge is 2.22. The number of alkyl carbamates (subject to hydrolysis) is 2. The minimum atomic E-state index is -0.638. The van der Waals surface area contributed by atoms with Crippen molar-refractivity contribution < 1.29 is 60.9 Å². The van der Waals surface area contributed by atoms with Crippen LogP contribution in [-0.4, -0.2) is 86.9 Å². The number of aldehydes is 1. The van der Waals surface area contributed by atoms with Gasteiger partial charge in [-0.05, 0) is 145 Å². The van der Waals surface area contributed by atoms with Crippen LogP contribution in [0.15, 0.2) is 68.0 Å². The van der Waals surface area contributed by atoms with E-state index in [4.69, 9.17) is 20.9 Å². The second-order valence-electron chi connectivity index (χ2n) is 16.6. The number of rotatable bonds is 18. The molecule has 3 aromatic carbocycles. The highest BCUT2D eigenvalue weighted by atomic mass is 79.9. The largest absolute Gasteiger partial charge is 0.469 e. The Bertz CT molecular complexity index is 2060. The summed E-state index contributed by atoms with van der Waals surface area (Å²) >= 11 is 9.22. The van der Waals surface area contributed by atoms with E-state index in [9.17, 15) is 41.9 Å². The molecule has 0 aliphatic carbocycles. The van der Waals surface area contributed by atoms with Crippen LogP contribution in [0, 0.1) is 23.4 Å². The Morgan fingerprint density at radius 1 is 0.638 bits per heavy atom. The number of carbonyl (C=O) groups is 6. The number of hydrogen-bond donors (Lipinski definition) is 6. The van der Waals surface area contributed by atoms with Gasteiger partial charge in [-0.1, -0.05) is 32.5 Å². The second kappa shape index (κ2) is 34.2. The third-order valence-corrected chi connectivity index (χ3v) is 10.2. The lowest BCUT2D eigenvalue weighted by Gasteiger charge is -2.24. The Morgan fingerprint density at radius 3 is 1.33 bits per heavy atom. The van der Waals surface area contributed by atoms with E-state index in [0.29, 0.717) is 50.5 Å². The maximum absolute atomic E-state index is 14.0. The summed E-state index contributed by atoms with van der Waals surface area (Å²) in [4.78, 5) is 66.7. The van der Waals surface area contributed by atoms with E-state index in [2.05, 4.69) is 78.5 Å². The zero-order valence-corrected chi connectivity index (χ0v) is 44.4. The minimum Gasteiger partial charge on any atom is -0.469 e. The van der Waals surface area contributed by atoms with Crippen molar-refractivity contribution >= 4 is 101 Å². The number of anilines is 3. The molecule has 0 aliphatic rings. The summed E-state index contributed by atoms with van der Waals surface area (Å²) < 4.78 is 61.0. The fourth-order valence-electron chi connectivity index (χ4n) is 4.89. The quantitative estimate of drug-likeness (QED) is 0.0301. The SMILES string of the molecule is C.CC(C)(C)OC(=O)NC(CCC(N)=O)CNc1cccc(Br)c1F.COC(=O)CCC(C)C=O.COC(=O)CCC(CNc1cccc(Br)c1F)NC(=O)OC(C)(C)C.Nc1cccc(Br)c1F. The maximum atomic E-state index is 14.0. The van der Waals surface area contributed by atoms with Crippen molar-refractivity contribution in [2.75, 3.05) is 43.7 Å². The summed E-state index contributed by atoms with van der Waals surface area (Å²) in [5.74, 6) is -2.40. The molecule has 0 saturated heterocycles. The molecule has 3 aromatic rings. The Hall–Kier alpha value is -5.09. The van der Waals surface area contributed by atoms with Crippen molar-refractivity contribution in [3.8, 4) is 0 Å². The van der Waals surface area contributed by atoms with Gasteiger partial charge in [-0.2, -0.15) is 0 Å². The number of carbonyl (C=O) groups excluding carboxylic acids is 6. The average molecular weight is 1170 g/mol. The molecular weight excluding hydrogens is 1110 g/mol. The molecule has 3 atom stereocenters. The lowest BCUT2D eigenvalue weighted by molar-refractivity contribution is -0.141. The van der Waals surface area contributed by atoms with Gasteiger partial charge in [0.1, 0.15) is 17.5 Å². The van der Waals surface area contributed by atoms with Gasteiger partial charge in [0, 0.05) is 50.4 Å². The van der Waals surface area contributed by atoms with Gasteiger partial charge in [0.2, 0.25) is 5.91 Å². The summed E-state index contributed by atoms with van der Waals surface area (Å²) in [6, 6.07) is 13.7. The normalized spacial score (nSPS) is 11.8. The van der Waals surface area contributed by atoms with Crippen LogP contribution in [0.3, 0.4) is 0 Å². The molecule has 22 heteroatoms. The first-order valence-corrected chi connectivity index (χ1v) is 23.4. The number of benzene rings is 3. The van der Waals surface area contributed by atoms with Gasteiger partial charge in [0.25, 0.3) is 0 Å². The number of nitrogens with one attached hydrogen (secondary N) is 4. The lowest BCUT2D eigenvalue weighted by atomic mass is 10.1. The van der Waals surface area contributed by atoms with Gasteiger partial charge in [0.15, 0.2) is 17.5 Å². The predicted octanol–water partition coefficient (Wildman–Crippen LogP) is 10.6. The zero-order chi connectivity index (χ0) is 52.2. The molecule has 3 amide bonds. The highest BCUT2D eigenvalue weighted by molar-refractivity contribution is 9.11. The summed E-state index contributed by atoms with van der Waals surface area (Å²) in [7, 11) is 2.64. The molecule has 0 spiro atoms. The van der Waals surface area contributed by atoms with Gasteiger partial charge in [-0.15, -0.1) is 0 Å². The number of methoxy groups -OCH3 is 2. The van der Waals surface area contributed by atoms with Crippen LogP contribution >= 0.6 is 47.8 Å². The number of halogens is 6. The van der Waals surface area contributed by atoms with Crippen LogP contribution in [0.4, 0.5) is 39.8 Å². The van der Waals surface area contributed by atoms with E-state index >= 15 is 0 Å². The zero-order valence-electron chi connectivity index (χ0n) is 39.7. The van der Waals surface area contributed by atoms with E-state index in [1.54, 1.807) is 97.0 Å². The van der Waals surface area contributed by atoms with Crippen molar-refractivity contribution in [1.82, 2.24) is 10.6 Å². The molecule has 8 N–H and O–H groups in total. The van der Waals surface area contributed by atoms with Crippen molar-refractivity contribution in [3.05, 3.63) is 85.5 Å². The Labute approximate surface area is 429 Å². The van der Waals surface area contributed by atoms with Crippen LogP contribution in [0.2, 0.25) is 0 Å². The number of hydrogen-bond acceptors (Lipinski definition) is 13. The first kappa shape index (κ1) is 66.0. The van der Waals surface area contributed by atoms with Crippen molar-refractivity contribution in [2.45, 2.75) is 118 Å². The Morgan fingerprint density at radius 2 is 1.00 bits per heavy atom. The number of primary amides is 1. The van der Waals surface area contributed by atoms with Crippen LogP contribution in [0.1, 0.15) is 94.4 Å². The first-order chi connectivity index (χ1) is 31.6. The topological polar surface area (TPSA) is 239 Å². The standard InChI is InChI=1S/C17H24BrFN2O4.C16H23BrFN3O3.C7H12O3.C6H5BrFN.CH4/c1-17(2,3)25-16(23)21-11(8-9-14(22)24-4)10-20-13-7-5-6-12(18)15(13)19;1-16(2,3)24-15(23)21-10(7-8-13(19)22)9-20-12-6-4-5-11(17)14(12)18;1-6(5-8)3-4-7(9)10-2;7-4-2-1-3-5(9)6(4)8;/h5-7,11,20H,8-10H2,1-4H3,(H,21,23);4-6,10,20H,7-9H2,1-3H3,(H2,19,22)(H,21,23);5-6H,3-4H2,1-2H3;1-3H,9H2;1H4. The molecule has 69 heavy (non-hydrogen) atoms. The van der Waals surface area contributed by atoms with Crippen molar-refractivity contribution in [1.29, 1.82) is 0 Å². The highest BCUT2D eigenvalue weighted by Crippen LogP contribution is 2.24. The van der Waals surface area contributed by atoms with Crippen molar-refractivity contribution in [3.63, 3.8) is 0 Å². The molecule has 0 fully saturated rings. The van der Waals surface area contributed by atoms with Gasteiger partial charge in [-0.3, -0.25) is 14.4 Å². The molecule has 0 saturated carbocycles. The van der Waals surface area contributed by atoms with E-state index in [1.807, 2.05) is 0 Å². The van der Waals surface area contributed by atoms with Crippen LogP contribution in [-0.2, 0) is 38.1 Å². The molecule has 0 heterocycles. The predicted molar refractivity (Wildman–Crippen MR) is 273 cm³/mol. The number of nitrogen functional groups attached to an aromatic ring is 1. The van der Waals surface area contributed by atoms with Crippen molar-refractivity contribution in [2.24, 2.45) is 11.7 Å². The summed E-state index contributed by atoms with van der Waals surface area (Å²) in [6.07, 6.45) is 1.41. The smallest absolute Gasteiger partial charge is 0.407 e.